The highest BCUT2D eigenvalue weighted by Gasteiger charge is 2.22. The lowest BCUT2D eigenvalue weighted by atomic mass is 10.0. The van der Waals surface area contributed by atoms with Crippen molar-refractivity contribution in [2.45, 2.75) is 20.4 Å². The number of quaternary nitrogens is 1. The average Bonchev–Trinajstić information content (AvgIpc) is 3.07. The summed E-state index contributed by atoms with van der Waals surface area (Å²) in [4.78, 5) is 19.4. The Bertz CT molecular complexity index is 1400. The van der Waals surface area contributed by atoms with Crippen LogP contribution in [0.5, 0.6) is 5.75 Å². The van der Waals surface area contributed by atoms with E-state index in [0.29, 0.717) is 11.9 Å². The number of pyridine rings is 2. The van der Waals surface area contributed by atoms with Crippen molar-refractivity contribution < 1.29 is 10.0 Å². The second kappa shape index (κ2) is 6.17. The number of hydrogen-bond donors (Lipinski definition) is 2. The molecule has 0 radical (unpaired) electrons. The number of nitrogens with zero attached hydrogens (tertiary/aromatic N) is 2. The number of aromatic hydroxyl groups is 1. The third-order valence-corrected chi connectivity index (χ3v) is 5.97. The maximum Gasteiger partial charge on any atom is 0.263 e. The standard InChI is InChI=1S/C23H21N3O2/c1-3-25(4-2)13-17-19(27)10-9-18-20(17)16-11-12-24-21-14-7-5-6-8-15(14)23(28)26(18)22(16)21/h5-12,27H,3-4,13H2,1-2H3/p+1. The number of aromatic nitrogens is 2. The zero-order valence-electron chi connectivity index (χ0n) is 16.0. The highest BCUT2D eigenvalue weighted by Crippen LogP contribution is 2.37. The fourth-order valence-corrected chi connectivity index (χ4v) is 4.45. The van der Waals surface area contributed by atoms with Crippen LogP contribution in [0, 0.1) is 0 Å². The first kappa shape index (κ1) is 17.0. The molecule has 5 aromatic rings. The number of hydrogen-bond acceptors (Lipinski definition) is 3. The fraction of sp³-hybridized carbons (Fsp3) is 0.217. The Hall–Kier alpha value is -3.18. The molecule has 0 spiro atoms. The molecule has 5 heteroatoms. The summed E-state index contributed by atoms with van der Waals surface area (Å²) in [6.07, 6.45) is 1.80. The predicted molar refractivity (Wildman–Crippen MR) is 113 cm³/mol. The minimum absolute atomic E-state index is 0.0390. The highest BCUT2D eigenvalue weighted by atomic mass is 16.3. The molecule has 0 atom stereocenters. The van der Waals surface area contributed by atoms with Crippen molar-refractivity contribution in [3.8, 4) is 5.75 Å². The van der Waals surface area contributed by atoms with Crippen molar-refractivity contribution in [3.63, 3.8) is 0 Å². The van der Waals surface area contributed by atoms with Crippen molar-refractivity contribution in [1.29, 1.82) is 0 Å². The van der Waals surface area contributed by atoms with Gasteiger partial charge in [0.1, 0.15) is 12.3 Å². The minimum Gasteiger partial charge on any atom is -0.507 e. The third-order valence-electron chi connectivity index (χ3n) is 5.97. The first-order valence-corrected chi connectivity index (χ1v) is 9.77. The Labute approximate surface area is 161 Å². The van der Waals surface area contributed by atoms with Gasteiger partial charge in [-0.2, -0.15) is 0 Å². The molecule has 0 bridgehead atoms. The molecule has 0 unspecified atom stereocenters. The van der Waals surface area contributed by atoms with Crippen molar-refractivity contribution in [2.24, 2.45) is 0 Å². The molecular weight excluding hydrogens is 350 g/mol. The van der Waals surface area contributed by atoms with Gasteiger partial charge in [-0.1, -0.05) is 18.2 Å². The van der Waals surface area contributed by atoms with Crippen LogP contribution in [-0.2, 0) is 6.54 Å². The van der Waals surface area contributed by atoms with E-state index in [-0.39, 0.29) is 11.3 Å². The van der Waals surface area contributed by atoms with Gasteiger partial charge in [0.2, 0.25) is 0 Å². The zero-order chi connectivity index (χ0) is 19.4. The molecule has 2 N–H and O–H groups in total. The predicted octanol–water partition coefficient (Wildman–Crippen LogP) is 2.72. The van der Waals surface area contributed by atoms with Gasteiger partial charge in [-0.05, 0) is 38.1 Å². The van der Waals surface area contributed by atoms with Gasteiger partial charge in [0.25, 0.3) is 5.56 Å². The van der Waals surface area contributed by atoms with E-state index in [4.69, 9.17) is 0 Å². The van der Waals surface area contributed by atoms with Crippen LogP contribution in [0.25, 0.3) is 38.1 Å². The summed E-state index contributed by atoms with van der Waals surface area (Å²) >= 11 is 0. The van der Waals surface area contributed by atoms with Crippen molar-refractivity contribution in [2.75, 3.05) is 13.1 Å². The monoisotopic (exact) mass is 372 g/mol. The van der Waals surface area contributed by atoms with E-state index >= 15 is 0 Å². The molecule has 0 fully saturated rings. The number of phenols is 1. The molecule has 5 nitrogen and oxygen atoms in total. The average molecular weight is 372 g/mol. The van der Waals surface area contributed by atoms with Gasteiger partial charge in [-0.15, -0.1) is 0 Å². The molecule has 2 aromatic carbocycles. The van der Waals surface area contributed by atoms with Gasteiger partial charge < -0.3 is 10.0 Å². The lowest BCUT2D eigenvalue weighted by Crippen LogP contribution is -3.10. The summed E-state index contributed by atoms with van der Waals surface area (Å²) in [5.74, 6) is 0.286. The van der Waals surface area contributed by atoms with E-state index in [1.54, 1.807) is 16.7 Å². The van der Waals surface area contributed by atoms with Crippen LogP contribution in [-0.4, -0.2) is 27.6 Å². The Morgan fingerprint density at radius 2 is 1.75 bits per heavy atom. The van der Waals surface area contributed by atoms with Crippen molar-refractivity contribution >= 4 is 38.1 Å². The number of rotatable bonds is 4. The van der Waals surface area contributed by atoms with Gasteiger partial charge in [-0.3, -0.25) is 14.2 Å². The highest BCUT2D eigenvalue weighted by molar-refractivity contribution is 6.19. The SMILES string of the molecule is CC[NH+](CC)Cc1c(O)ccc2c1c1ccnc3c4ccccc4c(=O)n2c13. The first-order valence-electron chi connectivity index (χ1n) is 9.77. The van der Waals surface area contributed by atoms with E-state index < -0.39 is 0 Å². The Morgan fingerprint density at radius 3 is 2.50 bits per heavy atom. The normalized spacial score (nSPS) is 12.2. The lowest BCUT2D eigenvalue weighted by Gasteiger charge is -2.17. The molecule has 0 amide bonds. The number of fused-ring (bicyclic) bond motifs is 5. The van der Waals surface area contributed by atoms with Crippen molar-refractivity contribution in [1.82, 2.24) is 9.38 Å². The number of nitrogens with one attached hydrogen (secondary N) is 1. The molecule has 3 aromatic heterocycles. The molecule has 0 saturated carbocycles. The summed E-state index contributed by atoms with van der Waals surface area (Å²) in [6.45, 7) is 6.96. The second-order valence-electron chi connectivity index (χ2n) is 7.33. The van der Waals surface area contributed by atoms with Crippen LogP contribution >= 0.6 is 0 Å². The maximum atomic E-state index is 13.4. The molecule has 3 heterocycles. The summed E-state index contributed by atoms with van der Waals surface area (Å²) < 4.78 is 1.77. The van der Waals surface area contributed by atoms with Crippen LogP contribution in [0.2, 0.25) is 0 Å². The van der Waals surface area contributed by atoms with Crippen LogP contribution < -0.4 is 10.5 Å². The fourth-order valence-electron chi connectivity index (χ4n) is 4.45. The van der Waals surface area contributed by atoms with Crippen LogP contribution in [0.1, 0.15) is 19.4 Å². The molecule has 5 rings (SSSR count). The Morgan fingerprint density at radius 1 is 1.00 bits per heavy atom. The van der Waals surface area contributed by atoms with Crippen LogP contribution in [0.15, 0.2) is 53.5 Å². The van der Waals surface area contributed by atoms with Crippen LogP contribution in [0.4, 0.5) is 0 Å². The van der Waals surface area contributed by atoms with Gasteiger partial charge in [0.05, 0.1) is 35.2 Å². The van der Waals surface area contributed by atoms with E-state index in [2.05, 4.69) is 18.8 Å². The summed E-state index contributed by atoms with van der Waals surface area (Å²) in [5, 5.41) is 14.2. The zero-order valence-corrected chi connectivity index (χ0v) is 16.0. The topological polar surface area (TPSA) is 59.0 Å². The molecule has 0 aliphatic rings. The van der Waals surface area contributed by atoms with E-state index in [9.17, 15) is 9.90 Å². The Kier molecular flexibility index (Phi) is 3.74. The molecule has 0 saturated heterocycles. The summed E-state index contributed by atoms with van der Waals surface area (Å²) in [5.41, 5.74) is 3.36. The molecule has 140 valence electrons. The first-order chi connectivity index (χ1) is 13.7. The van der Waals surface area contributed by atoms with Crippen molar-refractivity contribution in [3.05, 3.63) is 64.6 Å². The number of benzene rings is 2. The smallest absolute Gasteiger partial charge is 0.263 e. The Balaban J connectivity index is 2.02. The largest absolute Gasteiger partial charge is 0.507 e. The lowest BCUT2D eigenvalue weighted by molar-refractivity contribution is -0.910. The number of phenolic OH excluding ortho intramolecular Hbond substituents is 1. The molecule has 28 heavy (non-hydrogen) atoms. The van der Waals surface area contributed by atoms with E-state index in [1.807, 2.05) is 36.4 Å². The summed E-state index contributed by atoms with van der Waals surface area (Å²) in [6, 6.07) is 13.1. The third kappa shape index (κ3) is 2.17. The van der Waals surface area contributed by atoms with Gasteiger partial charge >= 0.3 is 0 Å². The minimum atomic E-state index is -0.0390. The van der Waals surface area contributed by atoms with Gasteiger partial charge in [0.15, 0.2) is 0 Å². The second-order valence-corrected chi connectivity index (χ2v) is 7.33. The quantitative estimate of drug-likeness (QED) is 0.477. The molecule has 0 aliphatic carbocycles. The van der Waals surface area contributed by atoms with E-state index in [1.165, 1.54) is 4.90 Å². The van der Waals surface area contributed by atoms with Gasteiger partial charge in [0, 0.05) is 27.7 Å². The maximum absolute atomic E-state index is 13.4. The summed E-state index contributed by atoms with van der Waals surface area (Å²) in [7, 11) is 0. The van der Waals surface area contributed by atoms with E-state index in [0.717, 1.165) is 51.4 Å². The van der Waals surface area contributed by atoms with Gasteiger partial charge in [-0.25, -0.2) is 0 Å². The molecular formula is C23H22N3O2+. The van der Waals surface area contributed by atoms with Crippen LogP contribution in [0.3, 0.4) is 0 Å². The molecule has 0 aliphatic heterocycles.